The minimum Gasteiger partial charge on any atom is -0.378 e. The minimum absolute atomic E-state index is 0.748. The largest absolute Gasteiger partial charge is 0.378 e. The van der Waals surface area contributed by atoms with Gasteiger partial charge >= 0.3 is 0 Å². The van der Waals surface area contributed by atoms with E-state index in [1.54, 1.807) is 17.5 Å². The smallest absolute Gasteiger partial charge is 0.180 e. The van der Waals surface area contributed by atoms with E-state index in [0.717, 1.165) is 54.7 Å². The van der Waals surface area contributed by atoms with Gasteiger partial charge in [0, 0.05) is 47.8 Å². The van der Waals surface area contributed by atoms with Crippen molar-refractivity contribution >= 4 is 34.2 Å². The van der Waals surface area contributed by atoms with Crippen LogP contribution < -0.4 is 10.2 Å². The molecule has 4 aromatic rings. The van der Waals surface area contributed by atoms with Gasteiger partial charge in [0.1, 0.15) is 0 Å². The highest BCUT2D eigenvalue weighted by Gasteiger charge is 2.13. The Kier molecular flexibility index (Phi) is 4.23. The Morgan fingerprint density at radius 3 is 2.67 bits per heavy atom. The maximum absolute atomic E-state index is 5.42. The van der Waals surface area contributed by atoms with Crippen LogP contribution in [0.3, 0.4) is 0 Å². The van der Waals surface area contributed by atoms with Gasteiger partial charge < -0.3 is 15.0 Å². The Labute approximate surface area is 161 Å². The lowest BCUT2D eigenvalue weighted by Crippen LogP contribution is -2.36. The van der Waals surface area contributed by atoms with Gasteiger partial charge in [-0.2, -0.15) is 11.3 Å². The van der Waals surface area contributed by atoms with Crippen LogP contribution in [0.1, 0.15) is 0 Å². The zero-order chi connectivity index (χ0) is 18.1. The predicted octanol–water partition coefficient (Wildman–Crippen LogP) is 4.04. The number of ether oxygens (including phenoxy) is 1. The van der Waals surface area contributed by atoms with Gasteiger partial charge in [-0.15, -0.1) is 0 Å². The maximum atomic E-state index is 5.42. The highest BCUT2D eigenvalue weighted by atomic mass is 32.1. The lowest BCUT2D eigenvalue weighted by atomic mass is 10.2. The van der Waals surface area contributed by atoms with E-state index in [1.807, 2.05) is 12.4 Å². The SMILES string of the molecule is c1cn2c(-c3ccsc3)cnc(Nc3ccc(N4CCOCC4)cc3)c2n1. The number of thiophene rings is 1. The van der Waals surface area contributed by atoms with E-state index in [4.69, 9.17) is 4.74 Å². The summed E-state index contributed by atoms with van der Waals surface area (Å²) in [6.07, 6.45) is 5.66. The number of nitrogens with one attached hydrogen (secondary N) is 1. The fourth-order valence-corrected chi connectivity index (χ4v) is 3.99. The lowest BCUT2D eigenvalue weighted by Gasteiger charge is -2.28. The molecule has 136 valence electrons. The number of morpholine rings is 1. The van der Waals surface area contributed by atoms with Crippen LogP contribution in [0.2, 0.25) is 0 Å². The van der Waals surface area contributed by atoms with Crippen molar-refractivity contribution in [2.75, 3.05) is 36.5 Å². The first-order valence-electron chi connectivity index (χ1n) is 8.93. The van der Waals surface area contributed by atoms with Crippen molar-refractivity contribution in [3.05, 3.63) is 59.7 Å². The molecule has 0 bridgehead atoms. The first kappa shape index (κ1) is 16.3. The van der Waals surface area contributed by atoms with Gasteiger partial charge in [0.15, 0.2) is 11.5 Å². The van der Waals surface area contributed by atoms with Crippen molar-refractivity contribution in [1.82, 2.24) is 14.4 Å². The Balaban J connectivity index is 1.42. The highest BCUT2D eigenvalue weighted by molar-refractivity contribution is 7.08. The van der Waals surface area contributed by atoms with Crippen molar-refractivity contribution in [3.63, 3.8) is 0 Å². The van der Waals surface area contributed by atoms with E-state index in [2.05, 4.69) is 65.7 Å². The number of rotatable bonds is 4. The van der Waals surface area contributed by atoms with E-state index in [9.17, 15) is 0 Å². The quantitative estimate of drug-likeness (QED) is 0.582. The summed E-state index contributed by atoms with van der Waals surface area (Å²) >= 11 is 1.68. The Bertz CT molecular complexity index is 1040. The van der Waals surface area contributed by atoms with Crippen LogP contribution in [0.5, 0.6) is 0 Å². The number of hydrogen-bond acceptors (Lipinski definition) is 6. The summed E-state index contributed by atoms with van der Waals surface area (Å²) in [6, 6.07) is 10.5. The van der Waals surface area contributed by atoms with Crippen molar-refractivity contribution in [1.29, 1.82) is 0 Å². The van der Waals surface area contributed by atoms with E-state index < -0.39 is 0 Å². The fraction of sp³-hybridized carbons (Fsp3) is 0.200. The number of aromatic nitrogens is 3. The van der Waals surface area contributed by atoms with Gasteiger partial charge in [0.25, 0.3) is 0 Å². The third-order valence-electron chi connectivity index (χ3n) is 4.75. The average Bonchev–Trinajstić information content (AvgIpc) is 3.42. The molecule has 0 amide bonds. The minimum atomic E-state index is 0.748. The van der Waals surface area contributed by atoms with E-state index in [0.29, 0.717) is 0 Å². The molecule has 1 aliphatic heterocycles. The summed E-state index contributed by atoms with van der Waals surface area (Å²) in [5, 5.41) is 7.59. The highest BCUT2D eigenvalue weighted by Crippen LogP contribution is 2.27. The van der Waals surface area contributed by atoms with Crippen molar-refractivity contribution < 1.29 is 4.74 Å². The molecule has 7 heteroatoms. The third-order valence-corrected chi connectivity index (χ3v) is 5.43. The van der Waals surface area contributed by atoms with Crippen LogP contribution in [0.4, 0.5) is 17.2 Å². The number of hydrogen-bond donors (Lipinski definition) is 1. The third kappa shape index (κ3) is 3.15. The molecule has 27 heavy (non-hydrogen) atoms. The van der Waals surface area contributed by atoms with Gasteiger partial charge in [0.2, 0.25) is 0 Å². The first-order chi connectivity index (χ1) is 13.4. The lowest BCUT2D eigenvalue weighted by molar-refractivity contribution is 0.122. The number of benzene rings is 1. The van der Waals surface area contributed by atoms with Crippen LogP contribution in [0.15, 0.2) is 59.7 Å². The van der Waals surface area contributed by atoms with Crippen LogP contribution in [-0.2, 0) is 4.74 Å². The Morgan fingerprint density at radius 2 is 1.89 bits per heavy atom. The zero-order valence-electron chi connectivity index (χ0n) is 14.7. The fourth-order valence-electron chi connectivity index (χ4n) is 3.34. The molecule has 5 rings (SSSR count). The summed E-state index contributed by atoms with van der Waals surface area (Å²) in [4.78, 5) is 11.5. The molecule has 1 saturated heterocycles. The number of fused-ring (bicyclic) bond motifs is 1. The molecule has 1 N–H and O–H groups in total. The van der Waals surface area contributed by atoms with Crippen LogP contribution in [0.25, 0.3) is 16.9 Å². The average molecular weight is 377 g/mol. The second-order valence-electron chi connectivity index (χ2n) is 6.40. The molecule has 4 heterocycles. The number of anilines is 3. The second-order valence-corrected chi connectivity index (χ2v) is 7.18. The predicted molar refractivity (Wildman–Crippen MR) is 109 cm³/mol. The molecule has 1 aliphatic rings. The summed E-state index contributed by atoms with van der Waals surface area (Å²) in [7, 11) is 0. The molecule has 0 saturated carbocycles. The summed E-state index contributed by atoms with van der Waals surface area (Å²) in [5.74, 6) is 0.748. The van der Waals surface area contributed by atoms with Gasteiger partial charge in [-0.25, -0.2) is 9.97 Å². The van der Waals surface area contributed by atoms with Crippen molar-refractivity contribution in [3.8, 4) is 11.3 Å². The maximum Gasteiger partial charge on any atom is 0.180 e. The van der Waals surface area contributed by atoms with E-state index >= 15 is 0 Å². The molecule has 0 unspecified atom stereocenters. The van der Waals surface area contributed by atoms with Crippen molar-refractivity contribution in [2.45, 2.75) is 0 Å². The summed E-state index contributed by atoms with van der Waals surface area (Å²) < 4.78 is 7.49. The molecule has 0 atom stereocenters. The zero-order valence-corrected chi connectivity index (χ0v) is 15.5. The topological polar surface area (TPSA) is 54.7 Å². The number of nitrogens with zero attached hydrogens (tertiary/aromatic N) is 4. The summed E-state index contributed by atoms with van der Waals surface area (Å²) in [6.45, 7) is 3.46. The molecule has 3 aromatic heterocycles. The van der Waals surface area contributed by atoms with Crippen LogP contribution in [0, 0.1) is 0 Å². The molecular weight excluding hydrogens is 358 g/mol. The molecule has 6 nitrogen and oxygen atoms in total. The normalized spacial score (nSPS) is 14.6. The standard InChI is InChI=1S/C20H19N5OS/c1-3-17(24-8-10-26-11-9-24)4-2-16(1)23-19-20-21-6-7-25(20)18(13-22-19)15-5-12-27-14-15/h1-7,12-14H,8-11H2,(H,22,23). The van der Waals surface area contributed by atoms with E-state index in [-0.39, 0.29) is 0 Å². The molecule has 0 aliphatic carbocycles. The van der Waals surface area contributed by atoms with Crippen molar-refractivity contribution in [2.24, 2.45) is 0 Å². The molecule has 1 aromatic carbocycles. The van der Waals surface area contributed by atoms with Crippen LogP contribution >= 0.6 is 11.3 Å². The monoisotopic (exact) mass is 377 g/mol. The molecular formula is C20H19N5OS. The first-order valence-corrected chi connectivity index (χ1v) is 9.87. The van der Waals surface area contributed by atoms with Gasteiger partial charge in [-0.3, -0.25) is 4.40 Å². The molecule has 1 fully saturated rings. The summed E-state index contributed by atoms with van der Waals surface area (Å²) in [5.41, 5.74) is 5.22. The van der Waals surface area contributed by atoms with E-state index in [1.165, 1.54) is 5.69 Å². The van der Waals surface area contributed by atoms with Gasteiger partial charge in [0.05, 0.1) is 25.1 Å². The Morgan fingerprint density at radius 1 is 1.04 bits per heavy atom. The second kappa shape index (κ2) is 7.02. The van der Waals surface area contributed by atoms with Crippen LogP contribution in [-0.4, -0.2) is 40.7 Å². The Hall–Kier alpha value is -2.90. The molecule has 0 radical (unpaired) electrons. The van der Waals surface area contributed by atoms with Gasteiger partial charge in [-0.05, 0) is 35.7 Å². The van der Waals surface area contributed by atoms with Gasteiger partial charge in [-0.1, -0.05) is 0 Å². The molecule has 0 spiro atoms. The number of imidazole rings is 1.